The average Bonchev–Trinajstić information content (AvgIpc) is 2.71. The van der Waals surface area contributed by atoms with E-state index in [9.17, 15) is 9.59 Å². The van der Waals surface area contributed by atoms with Crippen LogP contribution in [0.1, 0.15) is 70.7 Å². The molecule has 0 heterocycles. The summed E-state index contributed by atoms with van der Waals surface area (Å²) < 4.78 is 10.8. The molecular formula is C25H38N2O4. The zero-order valence-corrected chi connectivity index (χ0v) is 19.7. The number of nitrogens with two attached hydrogens (primary N) is 1. The lowest BCUT2D eigenvalue weighted by molar-refractivity contribution is -0.122. The molecule has 0 spiro atoms. The molecule has 0 aliphatic heterocycles. The minimum atomic E-state index is -0.470. The zero-order valence-electron chi connectivity index (χ0n) is 19.7. The molecule has 0 bridgehead atoms. The van der Waals surface area contributed by atoms with Gasteiger partial charge in [0.2, 0.25) is 0 Å². The van der Waals surface area contributed by atoms with Gasteiger partial charge in [-0.15, -0.1) is 0 Å². The molecule has 0 saturated heterocycles. The summed E-state index contributed by atoms with van der Waals surface area (Å²) in [4.78, 5) is 26.9. The molecule has 1 aromatic rings. The van der Waals surface area contributed by atoms with Crippen LogP contribution in [0.3, 0.4) is 0 Å². The second-order valence-corrected chi connectivity index (χ2v) is 7.78. The van der Waals surface area contributed by atoms with Crippen molar-refractivity contribution < 1.29 is 19.1 Å². The van der Waals surface area contributed by atoms with Gasteiger partial charge in [-0.2, -0.15) is 0 Å². The summed E-state index contributed by atoms with van der Waals surface area (Å²) in [5, 5.41) is 0. The third-order valence-corrected chi connectivity index (χ3v) is 4.71. The molecule has 1 amide bonds. The van der Waals surface area contributed by atoms with Crippen LogP contribution in [0.15, 0.2) is 41.5 Å². The number of nitrogens with zero attached hydrogens (tertiary/aromatic N) is 1. The van der Waals surface area contributed by atoms with Crippen LogP contribution in [-0.4, -0.2) is 38.2 Å². The Morgan fingerprint density at radius 2 is 1.87 bits per heavy atom. The van der Waals surface area contributed by atoms with E-state index in [0.717, 1.165) is 25.7 Å². The number of rotatable bonds is 13. The fraction of sp³-hybridized carbons (Fsp3) is 0.520. The van der Waals surface area contributed by atoms with E-state index in [1.54, 1.807) is 30.0 Å². The van der Waals surface area contributed by atoms with E-state index >= 15 is 0 Å². The number of allylic oxidation sites excluding steroid dienone is 3. The van der Waals surface area contributed by atoms with Crippen molar-refractivity contribution in [2.75, 3.05) is 37.0 Å². The van der Waals surface area contributed by atoms with Crippen LogP contribution < -0.4 is 10.6 Å². The van der Waals surface area contributed by atoms with E-state index in [0.29, 0.717) is 30.1 Å². The molecule has 0 saturated carbocycles. The molecule has 0 aliphatic rings. The van der Waals surface area contributed by atoms with Crippen LogP contribution in [0.5, 0.6) is 0 Å². The Bertz CT molecular complexity index is 780. The maximum absolute atomic E-state index is 13.0. The minimum absolute atomic E-state index is 0.0709. The predicted octanol–water partition coefficient (Wildman–Crippen LogP) is 5.29. The first-order valence-electron chi connectivity index (χ1n) is 11.0. The number of nitrogen functional groups attached to an aromatic ring is 1. The fourth-order valence-electron chi connectivity index (χ4n) is 2.97. The highest BCUT2D eigenvalue weighted by molar-refractivity contribution is 6.03. The van der Waals surface area contributed by atoms with Gasteiger partial charge in [-0.25, -0.2) is 4.79 Å². The van der Waals surface area contributed by atoms with E-state index in [-0.39, 0.29) is 19.1 Å². The number of amides is 1. The molecule has 0 fully saturated rings. The van der Waals surface area contributed by atoms with Crippen LogP contribution >= 0.6 is 0 Å². The maximum atomic E-state index is 13.0. The second-order valence-electron chi connectivity index (χ2n) is 7.78. The fourth-order valence-corrected chi connectivity index (χ4v) is 2.97. The summed E-state index contributed by atoms with van der Waals surface area (Å²) in [7, 11) is 0. The molecule has 0 aliphatic carbocycles. The van der Waals surface area contributed by atoms with Gasteiger partial charge in [0.05, 0.1) is 24.5 Å². The van der Waals surface area contributed by atoms with Crippen molar-refractivity contribution in [3.63, 3.8) is 0 Å². The maximum Gasteiger partial charge on any atom is 0.340 e. The standard InChI is InChI=1S/C25H38N2O4/c1-6-8-15-27(23-17-21(26)12-13-22(23)25(29)31-7-2)24(28)18-30-16-14-20(5)11-9-10-19(3)4/h10,12-14,17H,6-9,11,15-16,18,26H2,1-5H3. The van der Waals surface area contributed by atoms with Crippen molar-refractivity contribution in [1.29, 1.82) is 0 Å². The first-order chi connectivity index (χ1) is 14.8. The number of benzene rings is 1. The minimum Gasteiger partial charge on any atom is -0.462 e. The van der Waals surface area contributed by atoms with E-state index in [4.69, 9.17) is 15.2 Å². The van der Waals surface area contributed by atoms with E-state index in [1.165, 1.54) is 11.1 Å². The van der Waals surface area contributed by atoms with Gasteiger partial charge >= 0.3 is 5.97 Å². The summed E-state index contributed by atoms with van der Waals surface area (Å²) in [6.45, 7) is 11.1. The number of unbranched alkanes of at least 4 members (excludes halogenated alkanes) is 1. The van der Waals surface area contributed by atoms with Gasteiger partial charge < -0.3 is 20.1 Å². The molecule has 1 aromatic carbocycles. The lowest BCUT2D eigenvalue weighted by Crippen LogP contribution is -2.36. The first kappa shape index (κ1) is 26.4. The summed E-state index contributed by atoms with van der Waals surface area (Å²) >= 11 is 0. The Labute approximate surface area is 187 Å². The van der Waals surface area contributed by atoms with Gasteiger partial charge in [-0.05, 0) is 65.2 Å². The Kier molecular flexibility index (Phi) is 12.3. The van der Waals surface area contributed by atoms with E-state index < -0.39 is 5.97 Å². The van der Waals surface area contributed by atoms with E-state index in [2.05, 4.69) is 26.8 Å². The zero-order chi connectivity index (χ0) is 23.2. The van der Waals surface area contributed by atoms with Crippen molar-refractivity contribution in [3.8, 4) is 0 Å². The molecule has 1 rings (SSSR count). The first-order valence-corrected chi connectivity index (χ1v) is 11.0. The lowest BCUT2D eigenvalue weighted by Gasteiger charge is -2.25. The molecule has 2 N–H and O–H groups in total. The summed E-state index contributed by atoms with van der Waals surface area (Å²) in [6, 6.07) is 4.89. The van der Waals surface area contributed by atoms with Crippen molar-refractivity contribution >= 4 is 23.3 Å². The quantitative estimate of drug-likeness (QED) is 0.199. The Morgan fingerprint density at radius 1 is 1.13 bits per heavy atom. The SMILES string of the molecule is CCCCN(C(=O)COCC=C(C)CCC=C(C)C)c1cc(N)ccc1C(=O)OCC. The second kappa shape index (κ2) is 14.4. The van der Waals surface area contributed by atoms with Crippen LogP contribution in [-0.2, 0) is 14.3 Å². The van der Waals surface area contributed by atoms with E-state index in [1.807, 2.05) is 13.0 Å². The van der Waals surface area contributed by atoms with Crippen LogP contribution in [0.4, 0.5) is 11.4 Å². The number of esters is 1. The van der Waals surface area contributed by atoms with Crippen LogP contribution in [0.25, 0.3) is 0 Å². The predicted molar refractivity (Wildman–Crippen MR) is 127 cm³/mol. The number of anilines is 2. The molecule has 172 valence electrons. The molecule has 0 radical (unpaired) electrons. The van der Waals surface area contributed by atoms with Crippen LogP contribution in [0.2, 0.25) is 0 Å². The number of carbonyl (C=O) groups is 2. The number of hydrogen-bond donors (Lipinski definition) is 1. The van der Waals surface area contributed by atoms with Crippen molar-refractivity contribution in [2.45, 2.75) is 60.3 Å². The number of ether oxygens (including phenoxy) is 2. The van der Waals surface area contributed by atoms with Crippen LogP contribution in [0, 0.1) is 0 Å². The van der Waals surface area contributed by atoms with Gasteiger partial charge in [0.15, 0.2) is 0 Å². The summed E-state index contributed by atoms with van der Waals surface area (Å²) in [5.41, 5.74) is 9.76. The molecule has 6 nitrogen and oxygen atoms in total. The number of carbonyl (C=O) groups excluding carboxylic acids is 2. The topological polar surface area (TPSA) is 81.9 Å². The monoisotopic (exact) mass is 430 g/mol. The summed E-state index contributed by atoms with van der Waals surface area (Å²) in [6.07, 6.45) is 7.90. The van der Waals surface area contributed by atoms with Gasteiger partial charge in [0.1, 0.15) is 6.61 Å². The molecule has 6 heteroatoms. The van der Waals surface area contributed by atoms with Gasteiger partial charge in [-0.1, -0.05) is 36.6 Å². The molecular weight excluding hydrogens is 392 g/mol. The Hall–Kier alpha value is -2.60. The Morgan fingerprint density at radius 3 is 2.52 bits per heavy atom. The normalized spacial score (nSPS) is 11.2. The molecule has 0 unspecified atom stereocenters. The van der Waals surface area contributed by atoms with Crippen molar-refractivity contribution in [3.05, 3.63) is 47.1 Å². The largest absolute Gasteiger partial charge is 0.462 e. The smallest absolute Gasteiger partial charge is 0.340 e. The average molecular weight is 431 g/mol. The Balaban J connectivity index is 2.86. The van der Waals surface area contributed by atoms with Gasteiger partial charge in [-0.3, -0.25) is 4.79 Å². The molecule has 31 heavy (non-hydrogen) atoms. The molecule has 0 aromatic heterocycles. The summed E-state index contributed by atoms with van der Waals surface area (Å²) in [5.74, 6) is -0.678. The van der Waals surface area contributed by atoms with Crippen molar-refractivity contribution in [1.82, 2.24) is 0 Å². The molecule has 0 atom stereocenters. The van der Waals surface area contributed by atoms with Gasteiger partial charge in [0, 0.05) is 12.2 Å². The van der Waals surface area contributed by atoms with Crippen molar-refractivity contribution in [2.24, 2.45) is 0 Å². The highest BCUT2D eigenvalue weighted by Gasteiger charge is 2.22. The third-order valence-electron chi connectivity index (χ3n) is 4.71. The lowest BCUT2D eigenvalue weighted by atomic mass is 10.1. The van der Waals surface area contributed by atoms with Gasteiger partial charge in [0.25, 0.3) is 5.91 Å². The highest BCUT2D eigenvalue weighted by Crippen LogP contribution is 2.25. The highest BCUT2D eigenvalue weighted by atomic mass is 16.5. The third kappa shape index (κ3) is 9.83. The number of hydrogen-bond acceptors (Lipinski definition) is 5.